The van der Waals surface area contributed by atoms with E-state index in [0.29, 0.717) is 0 Å². The maximum atomic E-state index is 4.55. The Kier molecular flexibility index (Phi) is 2.85. The summed E-state index contributed by atoms with van der Waals surface area (Å²) in [5, 5.41) is 7.14. The summed E-state index contributed by atoms with van der Waals surface area (Å²) in [7, 11) is 6.22. The number of aryl methyl sites for hydroxylation is 4. The van der Waals surface area contributed by atoms with E-state index in [4.69, 9.17) is 0 Å². The summed E-state index contributed by atoms with van der Waals surface area (Å²) in [4.78, 5) is 0. The van der Waals surface area contributed by atoms with Gasteiger partial charge in [0.2, 0.25) is 0 Å². The van der Waals surface area contributed by atoms with Gasteiger partial charge < -0.3 is 4.57 Å². The topological polar surface area (TPSA) is 26.6 Å². The molecule has 0 saturated heterocycles. The Bertz CT molecular complexity index is 1070. The molecule has 2 aromatic heterocycles. The van der Waals surface area contributed by atoms with Crippen molar-refractivity contribution in [3.8, 4) is 11.4 Å². The van der Waals surface area contributed by atoms with Gasteiger partial charge in [-0.2, -0.15) is 0 Å². The lowest BCUT2D eigenvalue weighted by Crippen LogP contribution is -2.32. The highest BCUT2D eigenvalue weighted by Crippen LogP contribution is 2.33. The molecule has 0 atom stereocenters. The Hall–Kier alpha value is -2.62. The van der Waals surface area contributed by atoms with Gasteiger partial charge in [-0.15, -0.1) is 4.68 Å². The second-order valence-electron chi connectivity index (χ2n) is 6.31. The van der Waals surface area contributed by atoms with E-state index in [1.807, 2.05) is 18.7 Å². The highest BCUT2D eigenvalue weighted by atomic mass is 15.4. The van der Waals surface area contributed by atoms with Crippen molar-refractivity contribution < 1.29 is 4.57 Å². The van der Waals surface area contributed by atoms with Gasteiger partial charge in [0.25, 0.3) is 11.6 Å². The predicted molar refractivity (Wildman–Crippen MR) is 93.3 cm³/mol. The fourth-order valence-corrected chi connectivity index (χ4v) is 3.61. The molecule has 2 heterocycles. The zero-order valence-corrected chi connectivity index (χ0v) is 14.3. The largest absolute Gasteiger partial charge is 0.344 e. The molecule has 0 amide bonds. The minimum absolute atomic E-state index is 1.01. The molecule has 0 aliphatic carbocycles. The van der Waals surface area contributed by atoms with Crippen LogP contribution in [0.5, 0.6) is 0 Å². The van der Waals surface area contributed by atoms with Crippen LogP contribution in [0.3, 0.4) is 0 Å². The van der Waals surface area contributed by atoms with E-state index in [9.17, 15) is 0 Å². The Morgan fingerprint density at radius 1 is 0.957 bits per heavy atom. The van der Waals surface area contributed by atoms with Crippen LogP contribution in [0.1, 0.15) is 11.4 Å². The second kappa shape index (κ2) is 4.69. The van der Waals surface area contributed by atoms with Crippen LogP contribution < -0.4 is 4.57 Å². The molecule has 116 valence electrons. The van der Waals surface area contributed by atoms with Crippen LogP contribution in [0, 0.1) is 13.8 Å². The number of hydrogen-bond acceptors (Lipinski definition) is 1. The third-order valence-electron chi connectivity index (χ3n) is 4.90. The van der Waals surface area contributed by atoms with Crippen LogP contribution in [0.15, 0.2) is 36.4 Å². The van der Waals surface area contributed by atoms with Gasteiger partial charge in [-0.05, 0) is 30.7 Å². The molecule has 0 spiro atoms. The van der Waals surface area contributed by atoms with Gasteiger partial charge in [0.1, 0.15) is 0 Å². The second-order valence-corrected chi connectivity index (χ2v) is 6.31. The van der Waals surface area contributed by atoms with E-state index in [1.54, 1.807) is 0 Å². The summed E-state index contributed by atoms with van der Waals surface area (Å²) < 4.78 is 6.39. The lowest BCUT2D eigenvalue weighted by molar-refractivity contribution is -0.667. The normalized spacial score (nSPS) is 11.7. The number of para-hydroxylation sites is 1. The van der Waals surface area contributed by atoms with Crippen molar-refractivity contribution in [3.63, 3.8) is 0 Å². The lowest BCUT2D eigenvalue weighted by atomic mass is 10.0. The number of nitrogens with zero attached hydrogens (tertiary/aromatic N) is 4. The van der Waals surface area contributed by atoms with Crippen LogP contribution in [0.4, 0.5) is 0 Å². The average molecular weight is 305 g/mol. The predicted octanol–water partition coefficient (Wildman–Crippen LogP) is 3.17. The van der Waals surface area contributed by atoms with Crippen molar-refractivity contribution in [2.75, 3.05) is 0 Å². The quantitative estimate of drug-likeness (QED) is 0.496. The first-order valence-corrected chi connectivity index (χ1v) is 7.87. The highest BCUT2D eigenvalue weighted by molar-refractivity contribution is 6.09. The Morgan fingerprint density at radius 3 is 2.39 bits per heavy atom. The zero-order chi connectivity index (χ0) is 16.3. The van der Waals surface area contributed by atoms with Gasteiger partial charge in [-0.3, -0.25) is 0 Å². The smallest absolute Gasteiger partial charge is 0.274 e. The van der Waals surface area contributed by atoms with Crippen LogP contribution in [-0.2, 0) is 21.1 Å². The van der Waals surface area contributed by atoms with Crippen molar-refractivity contribution in [3.05, 3.63) is 47.8 Å². The first-order valence-electron chi connectivity index (χ1n) is 7.87. The van der Waals surface area contributed by atoms with E-state index in [2.05, 4.69) is 71.7 Å². The van der Waals surface area contributed by atoms with E-state index in [0.717, 1.165) is 11.6 Å². The van der Waals surface area contributed by atoms with Gasteiger partial charge in [0, 0.05) is 40.9 Å². The summed E-state index contributed by atoms with van der Waals surface area (Å²) in [5.74, 6) is 2.15. The van der Waals surface area contributed by atoms with Crippen molar-refractivity contribution >= 4 is 21.8 Å². The first kappa shape index (κ1) is 14.0. The number of fused-ring (bicyclic) bond motifs is 3. The molecule has 4 rings (SSSR count). The van der Waals surface area contributed by atoms with Crippen molar-refractivity contribution in [1.82, 2.24) is 14.3 Å². The number of rotatable bonds is 1. The molecule has 4 heteroatoms. The first-order chi connectivity index (χ1) is 11.0. The third-order valence-corrected chi connectivity index (χ3v) is 4.90. The molecule has 0 saturated carbocycles. The molecule has 0 unspecified atom stereocenters. The SMILES string of the molecule is Cc1cc2c(cc1-c1n(C)nc(C)[n+]1C)c1ccccc1n2C. The van der Waals surface area contributed by atoms with E-state index >= 15 is 0 Å². The Labute approximate surface area is 135 Å². The van der Waals surface area contributed by atoms with Crippen molar-refractivity contribution in [2.45, 2.75) is 13.8 Å². The maximum Gasteiger partial charge on any atom is 0.274 e. The Morgan fingerprint density at radius 2 is 1.70 bits per heavy atom. The number of aromatic nitrogens is 4. The fraction of sp³-hybridized carbons (Fsp3) is 0.263. The zero-order valence-electron chi connectivity index (χ0n) is 14.3. The van der Waals surface area contributed by atoms with E-state index < -0.39 is 0 Å². The molecule has 4 aromatic rings. The van der Waals surface area contributed by atoms with E-state index in [-0.39, 0.29) is 0 Å². The van der Waals surface area contributed by atoms with Gasteiger partial charge in [-0.1, -0.05) is 18.2 Å². The molecule has 0 N–H and O–H groups in total. The number of hydrogen-bond donors (Lipinski definition) is 0. The van der Waals surface area contributed by atoms with Crippen LogP contribution in [0.25, 0.3) is 33.2 Å². The minimum atomic E-state index is 1.01. The summed E-state index contributed by atoms with van der Waals surface area (Å²) in [5.41, 5.74) is 5.04. The molecule has 2 aromatic carbocycles. The highest BCUT2D eigenvalue weighted by Gasteiger charge is 2.22. The monoisotopic (exact) mass is 305 g/mol. The maximum absolute atomic E-state index is 4.55. The summed E-state index contributed by atoms with van der Waals surface area (Å²) in [6, 6.07) is 13.2. The van der Waals surface area contributed by atoms with Crippen molar-refractivity contribution in [2.24, 2.45) is 21.1 Å². The summed E-state index contributed by atoms with van der Waals surface area (Å²) in [6.07, 6.45) is 0. The van der Waals surface area contributed by atoms with Gasteiger partial charge in [-0.25, -0.2) is 4.57 Å². The average Bonchev–Trinajstić information content (AvgIpc) is 2.94. The number of benzene rings is 2. The molecule has 0 radical (unpaired) electrons. The van der Waals surface area contributed by atoms with Gasteiger partial charge in [0.15, 0.2) is 0 Å². The van der Waals surface area contributed by atoms with E-state index in [1.165, 1.54) is 32.9 Å². The minimum Gasteiger partial charge on any atom is -0.344 e. The third kappa shape index (κ3) is 1.84. The van der Waals surface area contributed by atoms with Crippen LogP contribution in [-0.4, -0.2) is 14.3 Å². The fourth-order valence-electron chi connectivity index (χ4n) is 3.61. The molecule has 0 fully saturated rings. The van der Waals surface area contributed by atoms with Gasteiger partial charge >= 0.3 is 0 Å². The Balaban J connectivity index is 2.13. The molecule has 0 aliphatic heterocycles. The molecule has 23 heavy (non-hydrogen) atoms. The molecule has 4 nitrogen and oxygen atoms in total. The van der Waals surface area contributed by atoms with Crippen molar-refractivity contribution in [1.29, 1.82) is 0 Å². The van der Waals surface area contributed by atoms with Crippen LogP contribution >= 0.6 is 0 Å². The molecular formula is C19H21N4+. The summed E-state index contributed by atoms with van der Waals surface area (Å²) in [6.45, 7) is 4.21. The van der Waals surface area contributed by atoms with Gasteiger partial charge in [0.05, 0.1) is 19.7 Å². The molecule has 0 aliphatic rings. The molecule has 0 bridgehead atoms. The summed E-state index contributed by atoms with van der Waals surface area (Å²) >= 11 is 0. The van der Waals surface area contributed by atoms with Crippen LogP contribution in [0.2, 0.25) is 0 Å². The lowest BCUT2D eigenvalue weighted by Gasteiger charge is -2.06. The molecular weight excluding hydrogens is 284 g/mol. The standard InChI is InChI=1S/C19H21N4/c1-12-10-18-16(14-8-6-7-9-17(14)22(18)4)11-15(12)19-21(3)13(2)20-23(19)5/h6-11H,1-5H3/q+1.